The van der Waals surface area contributed by atoms with E-state index in [1.807, 2.05) is 16.8 Å². The number of hydrogen-bond donors (Lipinski definition) is 0. The molecule has 21 heavy (non-hydrogen) atoms. The summed E-state index contributed by atoms with van der Waals surface area (Å²) in [6.07, 6.45) is 0.670. The van der Waals surface area contributed by atoms with Crippen LogP contribution in [0.5, 0.6) is 5.75 Å². The van der Waals surface area contributed by atoms with Crippen LogP contribution in [0.1, 0.15) is 22.5 Å². The van der Waals surface area contributed by atoms with Crippen LogP contribution in [0.15, 0.2) is 38.2 Å². The molecule has 5 nitrogen and oxygen atoms in total. The fraction of sp³-hybridized carbons (Fsp3) is 0.333. The third kappa shape index (κ3) is 3.16. The second-order valence-electron chi connectivity index (χ2n) is 5.01. The molecule has 1 amide bonds. The number of aryl methyl sites for hydroxylation is 1. The van der Waals surface area contributed by atoms with Gasteiger partial charge in [0.05, 0.1) is 18.2 Å². The fourth-order valence-electron chi connectivity index (χ4n) is 2.41. The predicted molar refractivity (Wildman–Crippen MR) is 79.0 cm³/mol. The molecule has 1 aliphatic heterocycles. The Morgan fingerprint density at radius 1 is 1.48 bits per heavy atom. The number of carbonyl (C=O) groups is 1. The lowest BCUT2D eigenvalue weighted by molar-refractivity contribution is 0.0772. The van der Waals surface area contributed by atoms with Crippen LogP contribution >= 0.6 is 11.3 Å². The monoisotopic (exact) mass is 305 g/mol. The van der Waals surface area contributed by atoms with Gasteiger partial charge in [-0.05, 0) is 18.4 Å². The van der Waals surface area contributed by atoms with Crippen LogP contribution < -0.4 is 10.4 Å². The van der Waals surface area contributed by atoms with Crippen molar-refractivity contribution in [3.63, 3.8) is 0 Å². The number of likely N-dealkylation sites (tertiary alicyclic amines) is 1. The minimum absolute atomic E-state index is 0.0334. The Kier molecular flexibility index (Phi) is 3.79. The summed E-state index contributed by atoms with van der Waals surface area (Å²) in [6, 6.07) is 4.84. The number of amides is 1. The van der Waals surface area contributed by atoms with Crippen molar-refractivity contribution in [1.29, 1.82) is 0 Å². The molecule has 2 aromatic rings. The summed E-state index contributed by atoms with van der Waals surface area (Å²) < 4.78 is 10.7. The Morgan fingerprint density at radius 2 is 2.33 bits per heavy atom. The summed E-state index contributed by atoms with van der Waals surface area (Å²) in [7, 11) is 0. The molecule has 1 atom stereocenters. The average Bonchev–Trinajstić information content (AvgIpc) is 3.07. The van der Waals surface area contributed by atoms with Crippen LogP contribution in [0.25, 0.3) is 0 Å². The molecule has 3 heterocycles. The predicted octanol–water partition coefficient (Wildman–Crippen LogP) is 2.30. The van der Waals surface area contributed by atoms with E-state index >= 15 is 0 Å². The summed E-state index contributed by atoms with van der Waals surface area (Å²) in [5.74, 6) is 1.05. The molecule has 0 aromatic carbocycles. The highest BCUT2D eigenvalue weighted by molar-refractivity contribution is 7.08. The van der Waals surface area contributed by atoms with E-state index in [-0.39, 0.29) is 12.0 Å². The van der Waals surface area contributed by atoms with Crippen LogP contribution in [0.3, 0.4) is 0 Å². The molecule has 0 aliphatic carbocycles. The van der Waals surface area contributed by atoms with Crippen molar-refractivity contribution in [2.45, 2.75) is 19.4 Å². The van der Waals surface area contributed by atoms with E-state index in [1.54, 1.807) is 17.9 Å². The molecule has 0 N–H and O–H groups in total. The van der Waals surface area contributed by atoms with Crippen molar-refractivity contribution in [3.05, 3.63) is 50.7 Å². The molecule has 0 bridgehead atoms. The van der Waals surface area contributed by atoms with E-state index in [0.29, 0.717) is 24.6 Å². The first-order chi connectivity index (χ1) is 10.1. The molecule has 0 unspecified atom stereocenters. The van der Waals surface area contributed by atoms with Crippen LogP contribution in [0, 0.1) is 6.92 Å². The van der Waals surface area contributed by atoms with Gasteiger partial charge in [0.2, 0.25) is 0 Å². The number of nitrogens with zero attached hydrogens (tertiary/aromatic N) is 1. The number of carbonyl (C=O) groups excluding carboxylic acids is 1. The Morgan fingerprint density at radius 3 is 3.05 bits per heavy atom. The first-order valence-electron chi connectivity index (χ1n) is 6.72. The number of ether oxygens (including phenoxy) is 1. The summed E-state index contributed by atoms with van der Waals surface area (Å²) in [5.41, 5.74) is 0.297. The van der Waals surface area contributed by atoms with Gasteiger partial charge in [0.15, 0.2) is 0 Å². The van der Waals surface area contributed by atoms with Crippen LogP contribution in [-0.4, -0.2) is 30.0 Å². The SMILES string of the molecule is Cc1cc(O[C@H]2CCN(C(=O)c3ccsc3)C2)cc(=O)o1. The zero-order valence-corrected chi connectivity index (χ0v) is 12.4. The molecule has 6 heteroatoms. The minimum Gasteiger partial charge on any atom is -0.488 e. The van der Waals surface area contributed by atoms with Crippen molar-refractivity contribution in [2.75, 3.05) is 13.1 Å². The molecule has 2 aromatic heterocycles. The normalized spacial score (nSPS) is 18.0. The van der Waals surface area contributed by atoms with Gasteiger partial charge in [0, 0.05) is 24.4 Å². The van der Waals surface area contributed by atoms with Crippen molar-refractivity contribution >= 4 is 17.2 Å². The number of hydrogen-bond acceptors (Lipinski definition) is 5. The van der Waals surface area contributed by atoms with Gasteiger partial charge < -0.3 is 14.1 Å². The largest absolute Gasteiger partial charge is 0.488 e. The van der Waals surface area contributed by atoms with E-state index in [1.165, 1.54) is 17.4 Å². The molecule has 1 fully saturated rings. The van der Waals surface area contributed by atoms with Crippen LogP contribution in [-0.2, 0) is 0 Å². The first kappa shape index (κ1) is 13.9. The van der Waals surface area contributed by atoms with Gasteiger partial charge in [-0.15, -0.1) is 0 Å². The molecule has 0 saturated carbocycles. The zero-order valence-electron chi connectivity index (χ0n) is 11.6. The summed E-state index contributed by atoms with van der Waals surface area (Å²) in [4.78, 5) is 25.3. The molecule has 3 rings (SSSR count). The Labute approximate surface area is 125 Å². The first-order valence-corrected chi connectivity index (χ1v) is 7.66. The van der Waals surface area contributed by atoms with Gasteiger partial charge >= 0.3 is 5.63 Å². The van der Waals surface area contributed by atoms with Crippen LogP contribution in [0.4, 0.5) is 0 Å². The molecule has 1 saturated heterocycles. The summed E-state index contributed by atoms with van der Waals surface area (Å²) in [6.45, 7) is 2.91. The molecule has 110 valence electrons. The maximum Gasteiger partial charge on any atom is 0.339 e. The van der Waals surface area contributed by atoms with Gasteiger partial charge in [-0.3, -0.25) is 4.79 Å². The summed E-state index contributed by atoms with van der Waals surface area (Å²) >= 11 is 1.51. The molecule has 1 aliphatic rings. The Bertz CT molecular complexity index is 692. The zero-order chi connectivity index (χ0) is 14.8. The minimum atomic E-state index is -0.422. The lowest BCUT2D eigenvalue weighted by atomic mass is 10.3. The average molecular weight is 305 g/mol. The van der Waals surface area contributed by atoms with E-state index in [0.717, 1.165) is 12.0 Å². The third-order valence-corrected chi connectivity index (χ3v) is 4.05. The van der Waals surface area contributed by atoms with E-state index in [4.69, 9.17) is 9.15 Å². The highest BCUT2D eigenvalue weighted by atomic mass is 32.1. The number of rotatable bonds is 3. The molecular weight excluding hydrogens is 290 g/mol. The fourth-order valence-corrected chi connectivity index (χ4v) is 3.04. The second-order valence-corrected chi connectivity index (χ2v) is 5.79. The molecule has 0 spiro atoms. The standard InChI is InChI=1S/C15H15NO4S/c1-10-6-13(7-14(17)19-10)20-12-2-4-16(8-12)15(18)11-3-5-21-9-11/h3,5-7,9,12H,2,4,8H2,1H3/t12-/m0/s1. The van der Waals surface area contributed by atoms with Crippen molar-refractivity contribution in [2.24, 2.45) is 0 Å². The van der Waals surface area contributed by atoms with Gasteiger partial charge in [0.25, 0.3) is 5.91 Å². The smallest absolute Gasteiger partial charge is 0.339 e. The van der Waals surface area contributed by atoms with Gasteiger partial charge in [-0.2, -0.15) is 11.3 Å². The quantitative estimate of drug-likeness (QED) is 0.873. The van der Waals surface area contributed by atoms with E-state index in [2.05, 4.69) is 0 Å². The maximum absolute atomic E-state index is 12.2. The van der Waals surface area contributed by atoms with Gasteiger partial charge in [0.1, 0.15) is 17.6 Å². The van der Waals surface area contributed by atoms with Crippen molar-refractivity contribution in [3.8, 4) is 5.75 Å². The lowest BCUT2D eigenvalue weighted by Crippen LogP contribution is -2.30. The van der Waals surface area contributed by atoms with Gasteiger partial charge in [-0.1, -0.05) is 0 Å². The van der Waals surface area contributed by atoms with Crippen molar-refractivity contribution in [1.82, 2.24) is 4.90 Å². The second kappa shape index (κ2) is 5.73. The number of thiophene rings is 1. The van der Waals surface area contributed by atoms with Gasteiger partial charge in [-0.25, -0.2) is 4.79 Å². The van der Waals surface area contributed by atoms with Crippen LogP contribution in [0.2, 0.25) is 0 Å². The topological polar surface area (TPSA) is 59.8 Å². The third-order valence-electron chi connectivity index (χ3n) is 3.37. The van der Waals surface area contributed by atoms with Crippen molar-refractivity contribution < 1.29 is 13.9 Å². The maximum atomic E-state index is 12.2. The van der Waals surface area contributed by atoms with E-state index < -0.39 is 5.63 Å². The molecular formula is C15H15NO4S. The van der Waals surface area contributed by atoms with E-state index in [9.17, 15) is 9.59 Å². The highest BCUT2D eigenvalue weighted by Gasteiger charge is 2.28. The Balaban J connectivity index is 1.64. The lowest BCUT2D eigenvalue weighted by Gasteiger charge is -2.16. The molecule has 0 radical (unpaired) electrons. The summed E-state index contributed by atoms with van der Waals surface area (Å²) in [5, 5.41) is 3.74. The Hall–Kier alpha value is -2.08. The highest BCUT2D eigenvalue weighted by Crippen LogP contribution is 2.20.